The average molecular weight is 455 g/mol. The Morgan fingerprint density at radius 1 is 1.23 bits per heavy atom. The summed E-state index contributed by atoms with van der Waals surface area (Å²) in [6, 6.07) is 0.179. The van der Waals surface area contributed by atoms with Crippen LogP contribution in [0.1, 0.15) is 10.4 Å². The average Bonchev–Trinajstić information content (AvgIpc) is 2.67. The first-order chi connectivity index (χ1) is 14.5. The molecule has 3 aromatic rings. The lowest BCUT2D eigenvalue weighted by Gasteiger charge is -2.39. The SMILES string of the molecule is Nc1nc(-n2cc(C(=O)O)c(=O)c3c(N)c(F)c(N4CC(N)C4)c(Cl)c32)c(F)cc1F. The molecule has 0 atom stereocenters. The third kappa shape index (κ3) is 3.02. The smallest absolute Gasteiger partial charge is 0.341 e. The Morgan fingerprint density at radius 2 is 1.87 bits per heavy atom. The van der Waals surface area contributed by atoms with Gasteiger partial charge in [0.1, 0.15) is 5.56 Å². The Balaban J connectivity index is 2.20. The number of carboxylic acid groups (broad SMARTS) is 1. The number of hydrogen-bond acceptors (Lipinski definition) is 7. The number of pyridine rings is 2. The standard InChI is InChI=1S/C18H14ClF3N6O3/c19-10-13-9(12(24)11(22)14(10)27-2-5(23)3-27)15(29)6(18(30)31)4-28(13)17-8(21)1-7(20)16(25)26-17/h1,4-5H,2-3,23-24H2,(H2,25,26)(H,30,31). The van der Waals surface area contributed by atoms with Gasteiger partial charge in [0.25, 0.3) is 0 Å². The lowest BCUT2D eigenvalue weighted by Crippen LogP contribution is -2.56. The van der Waals surface area contributed by atoms with E-state index in [1.807, 2.05) is 0 Å². The van der Waals surface area contributed by atoms with Crippen molar-refractivity contribution in [3.8, 4) is 5.82 Å². The summed E-state index contributed by atoms with van der Waals surface area (Å²) in [5.74, 6) is -6.49. The van der Waals surface area contributed by atoms with Crippen molar-refractivity contribution in [3.63, 3.8) is 0 Å². The van der Waals surface area contributed by atoms with Crippen molar-refractivity contribution in [3.05, 3.63) is 50.5 Å². The number of carboxylic acids is 1. The molecule has 0 unspecified atom stereocenters. The second-order valence-electron chi connectivity index (χ2n) is 6.99. The molecule has 0 saturated carbocycles. The Hall–Kier alpha value is -3.51. The Kier molecular flexibility index (Phi) is 4.70. The largest absolute Gasteiger partial charge is 0.477 e. The maximum atomic E-state index is 15.1. The normalized spacial score (nSPS) is 14.2. The van der Waals surface area contributed by atoms with Crippen molar-refractivity contribution in [2.45, 2.75) is 6.04 Å². The summed E-state index contributed by atoms with van der Waals surface area (Å²) < 4.78 is 44.1. The fraction of sp³-hybridized carbons (Fsp3) is 0.167. The lowest BCUT2D eigenvalue weighted by molar-refractivity contribution is 0.0695. The number of aromatic nitrogens is 2. The molecule has 31 heavy (non-hydrogen) atoms. The summed E-state index contributed by atoms with van der Waals surface area (Å²) in [7, 11) is 0. The van der Waals surface area contributed by atoms with Crippen molar-refractivity contribution >= 4 is 45.7 Å². The summed E-state index contributed by atoms with van der Waals surface area (Å²) in [5.41, 5.74) is 13.8. The second-order valence-corrected chi connectivity index (χ2v) is 7.36. The van der Waals surface area contributed by atoms with Gasteiger partial charge < -0.3 is 27.2 Å². The van der Waals surface area contributed by atoms with Gasteiger partial charge in [0.05, 0.1) is 27.3 Å². The van der Waals surface area contributed by atoms with E-state index < -0.39 is 57.1 Å². The minimum atomic E-state index is -1.69. The van der Waals surface area contributed by atoms with E-state index in [0.29, 0.717) is 6.07 Å². The van der Waals surface area contributed by atoms with Gasteiger partial charge in [-0.1, -0.05) is 11.6 Å². The lowest BCUT2D eigenvalue weighted by atomic mass is 10.0. The van der Waals surface area contributed by atoms with Gasteiger partial charge >= 0.3 is 5.97 Å². The molecule has 0 bridgehead atoms. The minimum absolute atomic E-state index is 0.194. The van der Waals surface area contributed by atoms with E-state index >= 15 is 4.39 Å². The molecule has 0 aliphatic carbocycles. The Labute approximate surface area is 176 Å². The van der Waals surface area contributed by atoms with Crippen LogP contribution in [0.15, 0.2) is 17.1 Å². The molecule has 13 heteroatoms. The quantitative estimate of drug-likeness (QED) is 0.434. The van der Waals surface area contributed by atoms with Gasteiger partial charge in [-0.15, -0.1) is 0 Å². The topological polar surface area (TPSA) is 153 Å². The molecule has 9 nitrogen and oxygen atoms in total. The third-order valence-electron chi connectivity index (χ3n) is 4.96. The highest BCUT2D eigenvalue weighted by molar-refractivity contribution is 6.38. The highest BCUT2D eigenvalue weighted by Crippen LogP contribution is 2.41. The highest BCUT2D eigenvalue weighted by atomic mass is 35.5. The number of benzene rings is 1. The van der Waals surface area contributed by atoms with Crippen LogP contribution >= 0.6 is 11.6 Å². The molecule has 4 rings (SSSR count). The monoisotopic (exact) mass is 454 g/mol. The van der Waals surface area contributed by atoms with Crippen LogP contribution in [0.3, 0.4) is 0 Å². The molecule has 3 heterocycles. The zero-order chi connectivity index (χ0) is 22.8. The number of halogens is 4. The fourth-order valence-corrected chi connectivity index (χ4v) is 3.85. The fourth-order valence-electron chi connectivity index (χ4n) is 3.46. The third-order valence-corrected chi connectivity index (χ3v) is 5.32. The second kappa shape index (κ2) is 7.03. The Bertz CT molecular complexity index is 1340. The summed E-state index contributed by atoms with van der Waals surface area (Å²) in [6.07, 6.45) is 0.741. The summed E-state index contributed by atoms with van der Waals surface area (Å²) in [5, 5.41) is 8.46. The molecule has 7 N–H and O–H groups in total. The summed E-state index contributed by atoms with van der Waals surface area (Å²) in [4.78, 5) is 29.4. The van der Waals surface area contributed by atoms with E-state index in [1.54, 1.807) is 0 Å². The van der Waals surface area contributed by atoms with Crippen LogP contribution in [0.4, 0.5) is 30.4 Å². The van der Waals surface area contributed by atoms with Crippen LogP contribution in [-0.4, -0.2) is 39.8 Å². The van der Waals surface area contributed by atoms with Gasteiger partial charge in [0.15, 0.2) is 29.1 Å². The predicted octanol–water partition coefficient (Wildman–Crippen LogP) is 1.47. The number of nitrogen functional groups attached to an aromatic ring is 2. The van der Waals surface area contributed by atoms with Gasteiger partial charge in [-0.3, -0.25) is 9.36 Å². The molecule has 1 aliphatic rings. The van der Waals surface area contributed by atoms with Gasteiger partial charge in [-0.05, 0) is 0 Å². The first-order valence-corrected chi connectivity index (χ1v) is 9.12. The van der Waals surface area contributed by atoms with Crippen molar-refractivity contribution in [1.82, 2.24) is 9.55 Å². The number of nitrogens with two attached hydrogens (primary N) is 3. The molecule has 1 fully saturated rings. The van der Waals surface area contributed by atoms with Crippen LogP contribution < -0.4 is 27.5 Å². The summed E-state index contributed by atoms with van der Waals surface area (Å²) >= 11 is 6.42. The molecule has 1 aromatic carbocycles. The molecule has 0 spiro atoms. The number of rotatable bonds is 3. The maximum Gasteiger partial charge on any atom is 0.341 e. The number of anilines is 3. The zero-order valence-electron chi connectivity index (χ0n) is 15.5. The van der Waals surface area contributed by atoms with E-state index in [4.69, 9.17) is 28.8 Å². The number of nitrogens with zero attached hydrogens (tertiary/aromatic N) is 3. The minimum Gasteiger partial charge on any atom is -0.477 e. The highest BCUT2D eigenvalue weighted by Gasteiger charge is 2.33. The zero-order valence-corrected chi connectivity index (χ0v) is 16.3. The van der Waals surface area contributed by atoms with Gasteiger partial charge in [-0.25, -0.2) is 22.9 Å². The van der Waals surface area contributed by atoms with E-state index in [0.717, 1.165) is 10.8 Å². The first-order valence-electron chi connectivity index (χ1n) is 8.74. The number of hydrogen-bond donors (Lipinski definition) is 4. The van der Waals surface area contributed by atoms with E-state index in [-0.39, 0.29) is 35.4 Å². The molecule has 162 valence electrons. The van der Waals surface area contributed by atoms with E-state index in [1.165, 1.54) is 4.90 Å². The van der Waals surface area contributed by atoms with Gasteiger partial charge in [-0.2, -0.15) is 0 Å². The van der Waals surface area contributed by atoms with Crippen LogP contribution in [-0.2, 0) is 0 Å². The van der Waals surface area contributed by atoms with Crippen molar-refractivity contribution < 1.29 is 23.1 Å². The van der Waals surface area contributed by atoms with Crippen molar-refractivity contribution in [1.29, 1.82) is 0 Å². The molecule has 1 saturated heterocycles. The predicted molar refractivity (Wildman–Crippen MR) is 108 cm³/mol. The van der Waals surface area contributed by atoms with E-state index in [9.17, 15) is 23.5 Å². The van der Waals surface area contributed by atoms with Crippen LogP contribution in [0.5, 0.6) is 0 Å². The molecule has 1 aliphatic heterocycles. The number of carbonyl (C=O) groups is 1. The van der Waals surface area contributed by atoms with Gasteiger partial charge in [0.2, 0.25) is 5.43 Å². The number of aromatic carboxylic acids is 1. The maximum absolute atomic E-state index is 15.1. The molecule has 2 aromatic heterocycles. The Morgan fingerprint density at radius 3 is 2.45 bits per heavy atom. The molecular formula is C18H14ClF3N6O3. The van der Waals surface area contributed by atoms with Crippen LogP contribution in [0.25, 0.3) is 16.7 Å². The first kappa shape index (κ1) is 20.8. The van der Waals surface area contributed by atoms with E-state index in [2.05, 4.69) is 4.98 Å². The van der Waals surface area contributed by atoms with Crippen LogP contribution in [0, 0.1) is 17.5 Å². The molecule has 0 radical (unpaired) electrons. The summed E-state index contributed by atoms with van der Waals surface area (Å²) in [6.45, 7) is 0.463. The number of fused-ring (bicyclic) bond motifs is 1. The van der Waals surface area contributed by atoms with Gasteiger partial charge in [0, 0.05) is 31.4 Å². The van der Waals surface area contributed by atoms with Crippen molar-refractivity contribution in [2.75, 3.05) is 29.5 Å². The van der Waals surface area contributed by atoms with Crippen molar-refractivity contribution in [2.24, 2.45) is 5.73 Å². The van der Waals surface area contributed by atoms with Crippen LogP contribution in [0.2, 0.25) is 5.02 Å². The molecular weight excluding hydrogens is 441 g/mol. The molecule has 0 amide bonds.